The normalized spacial score (nSPS) is 16.6. The predicted molar refractivity (Wildman–Crippen MR) is 77.3 cm³/mol. The summed E-state index contributed by atoms with van der Waals surface area (Å²) in [5.41, 5.74) is 0. The van der Waals surface area contributed by atoms with E-state index in [0.29, 0.717) is 0 Å². The molecule has 0 heterocycles. The lowest BCUT2D eigenvalue weighted by atomic mass is 9.98. The highest BCUT2D eigenvalue weighted by atomic mass is 28.3. The van der Waals surface area contributed by atoms with E-state index in [2.05, 4.69) is 40.8 Å². The van der Waals surface area contributed by atoms with Gasteiger partial charge in [0, 0.05) is 0 Å². The highest BCUT2D eigenvalue weighted by Gasteiger charge is 2.56. The fourth-order valence-electron chi connectivity index (χ4n) is 2.65. The van der Waals surface area contributed by atoms with Crippen molar-refractivity contribution in [2.24, 2.45) is 0 Å². The summed E-state index contributed by atoms with van der Waals surface area (Å²) in [5, 5.41) is 9.43. The van der Waals surface area contributed by atoms with Crippen LogP contribution in [0.5, 0.6) is 0 Å². The third-order valence-electron chi connectivity index (χ3n) is 5.04. The van der Waals surface area contributed by atoms with Crippen LogP contribution in [-0.2, 0) is 4.79 Å². The molecule has 0 aliphatic heterocycles. The molecule has 0 rings (SSSR count). The molecule has 0 saturated carbocycles. The second kappa shape index (κ2) is 5.55. The Morgan fingerprint density at radius 1 is 1.18 bits per heavy atom. The second-order valence-corrected chi connectivity index (χ2v) is 12.4. The number of hydrogen-bond donors (Lipinski definition) is 1. The van der Waals surface area contributed by atoms with Crippen molar-refractivity contribution in [1.29, 1.82) is 0 Å². The summed E-state index contributed by atoms with van der Waals surface area (Å²) >= 11 is 0. The van der Waals surface area contributed by atoms with Crippen LogP contribution < -0.4 is 0 Å². The van der Waals surface area contributed by atoms with Crippen LogP contribution >= 0.6 is 0 Å². The first-order valence-corrected chi connectivity index (χ1v) is 9.80. The minimum absolute atomic E-state index is 0.120. The van der Waals surface area contributed by atoms with E-state index in [1.807, 2.05) is 6.92 Å². The lowest BCUT2D eigenvalue weighted by Crippen LogP contribution is -2.53. The summed E-state index contributed by atoms with van der Waals surface area (Å²) in [4.78, 5) is 11.9. The lowest BCUT2D eigenvalue weighted by molar-refractivity contribution is -0.141. The van der Waals surface area contributed by atoms with Gasteiger partial charge < -0.3 is 5.11 Å². The van der Waals surface area contributed by atoms with E-state index < -0.39 is 19.1 Å². The van der Waals surface area contributed by atoms with Gasteiger partial charge in [-0.05, 0) is 17.9 Å². The smallest absolute Gasteiger partial charge is 0.306 e. The summed E-state index contributed by atoms with van der Waals surface area (Å²) in [7, 11) is -1.88. The number of aliphatic carboxylic acids is 1. The molecule has 0 aromatic rings. The monoisotopic (exact) mass is 258 g/mol. The Morgan fingerprint density at radius 2 is 1.65 bits per heavy atom. The van der Waals surface area contributed by atoms with E-state index >= 15 is 0 Å². The molecule has 17 heavy (non-hydrogen) atoms. The zero-order valence-electron chi connectivity index (χ0n) is 12.7. The van der Waals surface area contributed by atoms with E-state index in [4.69, 9.17) is 0 Å². The highest BCUT2D eigenvalue weighted by Crippen LogP contribution is 2.56. The van der Waals surface area contributed by atoms with Crippen LogP contribution in [0.4, 0.5) is 0 Å². The van der Waals surface area contributed by atoms with E-state index in [1.54, 1.807) is 0 Å². The molecule has 2 nitrogen and oxygen atoms in total. The number of rotatable bonds is 6. The topological polar surface area (TPSA) is 37.3 Å². The van der Waals surface area contributed by atoms with E-state index in [-0.39, 0.29) is 5.04 Å². The van der Waals surface area contributed by atoms with Crippen LogP contribution in [0.2, 0.25) is 23.2 Å². The summed E-state index contributed by atoms with van der Waals surface area (Å²) in [5.74, 6) is -0.569. The molecule has 3 heteroatoms. The Bertz CT molecular complexity index is 266. The maximum absolute atomic E-state index is 11.9. The Kier molecular flexibility index (Phi) is 5.45. The van der Waals surface area contributed by atoms with Crippen LogP contribution in [-0.4, -0.2) is 19.1 Å². The van der Waals surface area contributed by atoms with Gasteiger partial charge >= 0.3 is 5.97 Å². The van der Waals surface area contributed by atoms with Gasteiger partial charge in [-0.1, -0.05) is 60.6 Å². The van der Waals surface area contributed by atoms with Crippen LogP contribution in [0, 0.1) is 0 Å². The molecule has 0 amide bonds. The molecule has 0 aliphatic carbocycles. The summed E-state index contributed by atoms with van der Waals surface area (Å²) in [6.07, 6.45) is 3.70. The van der Waals surface area contributed by atoms with Crippen LogP contribution in [0.25, 0.3) is 0 Å². The predicted octanol–water partition coefficient (Wildman–Crippen LogP) is 4.92. The molecule has 0 radical (unpaired) electrons. The average Bonchev–Trinajstić information content (AvgIpc) is 2.17. The van der Waals surface area contributed by atoms with Gasteiger partial charge in [-0.3, -0.25) is 4.79 Å². The van der Waals surface area contributed by atoms with Gasteiger partial charge in [0.2, 0.25) is 0 Å². The largest absolute Gasteiger partial charge is 0.481 e. The number of carbonyl (C=O) groups is 1. The molecule has 1 N–H and O–H groups in total. The Labute approximate surface area is 108 Å². The first kappa shape index (κ1) is 16.7. The van der Waals surface area contributed by atoms with Crippen molar-refractivity contribution in [3.05, 3.63) is 0 Å². The highest BCUT2D eigenvalue weighted by molar-refractivity contribution is 6.85. The third-order valence-corrected chi connectivity index (χ3v) is 12.0. The van der Waals surface area contributed by atoms with E-state index in [9.17, 15) is 9.90 Å². The minimum atomic E-state index is -1.88. The fourth-order valence-corrected chi connectivity index (χ4v) is 6.31. The van der Waals surface area contributed by atoms with Crippen molar-refractivity contribution < 1.29 is 9.90 Å². The molecule has 0 bridgehead atoms. The van der Waals surface area contributed by atoms with Gasteiger partial charge in [-0.2, -0.15) is 0 Å². The Balaban J connectivity index is 5.51. The zero-order valence-corrected chi connectivity index (χ0v) is 13.7. The van der Waals surface area contributed by atoms with Crippen molar-refractivity contribution in [2.75, 3.05) is 0 Å². The van der Waals surface area contributed by atoms with Crippen LogP contribution in [0.15, 0.2) is 0 Å². The van der Waals surface area contributed by atoms with Gasteiger partial charge in [0.1, 0.15) is 0 Å². The number of carboxylic acid groups (broad SMARTS) is 1. The zero-order chi connectivity index (χ0) is 13.9. The van der Waals surface area contributed by atoms with Gasteiger partial charge in [0.25, 0.3) is 0 Å². The average molecular weight is 258 g/mol. The number of unbranched alkanes of at least 4 members (excludes halogenated alkanes) is 1. The van der Waals surface area contributed by atoms with Crippen molar-refractivity contribution in [2.45, 2.75) is 83.5 Å². The molecule has 0 aromatic carbocycles. The van der Waals surface area contributed by atoms with Gasteiger partial charge in [0.05, 0.1) is 13.1 Å². The maximum atomic E-state index is 11.9. The van der Waals surface area contributed by atoms with E-state index in [0.717, 1.165) is 25.7 Å². The lowest BCUT2D eigenvalue weighted by Gasteiger charge is -2.50. The number of hydrogen-bond acceptors (Lipinski definition) is 1. The summed E-state index contributed by atoms with van der Waals surface area (Å²) in [6.45, 7) is 15.3. The second-order valence-electron chi connectivity index (χ2n) is 6.72. The van der Waals surface area contributed by atoms with Crippen molar-refractivity contribution >= 4 is 14.0 Å². The van der Waals surface area contributed by atoms with Crippen molar-refractivity contribution in [3.8, 4) is 0 Å². The molecule has 102 valence electrons. The van der Waals surface area contributed by atoms with Crippen LogP contribution in [0.3, 0.4) is 0 Å². The third kappa shape index (κ3) is 2.93. The molecule has 0 aliphatic rings. The van der Waals surface area contributed by atoms with Crippen molar-refractivity contribution in [1.82, 2.24) is 0 Å². The quantitative estimate of drug-likeness (QED) is 0.687. The summed E-state index contributed by atoms with van der Waals surface area (Å²) < 4.78 is 0. The fraction of sp³-hybridized carbons (Fsp3) is 0.929. The first-order chi connectivity index (χ1) is 7.56. The van der Waals surface area contributed by atoms with Gasteiger partial charge in [0.15, 0.2) is 0 Å². The maximum Gasteiger partial charge on any atom is 0.306 e. The number of carboxylic acids is 1. The molecule has 1 unspecified atom stereocenters. The Morgan fingerprint density at radius 3 is 1.88 bits per heavy atom. The van der Waals surface area contributed by atoms with Crippen LogP contribution in [0.1, 0.15) is 60.3 Å². The molecule has 0 spiro atoms. The Hall–Kier alpha value is -0.313. The molecular weight excluding hydrogens is 228 g/mol. The van der Waals surface area contributed by atoms with Gasteiger partial charge in [-0.15, -0.1) is 0 Å². The first-order valence-electron chi connectivity index (χ1n) is 6.80. The molecule has 0 aromatic heterocycles. The van der Waals surface area contributed by atoms with Crippen molar-refractivity contribution in [3.63, 3.8) is 0 Å². The van der Waals surface area contributed by atoms with E-state index in [1.165, 1.54) is 0 Å². The SMILES string of the molecule is CCCCC(CC)(C(=O)O)[Si](C)(C)C(C)(C)C. The molecule has 0 saturated heterocycles. The molecule has 0 fully saturated rings. The molecular formula is C14H30O2Si. The summed E-state index contributed by atoms with van der Waals surface area (Å²) in [6, 6.07) is 0. The van der Waals surface area contributed by atoms with Gasteiger partial charge in [-0.25, -0.2) is 0 Å². The minimum Gasteiger partial charge on any atom is -0.481 e. The molecule has 1 atom stereocenters. The standard InChI is InChI=1S/C14H30O2Si/c1-8-10-11-14(9-2,12(15)16)17(6,7)13(3,4)5/h8-11H2,1-7H3,(H,15,16).